The van der Waals surface area contributed by atoms with Crippen molar-refractivity contribution in [3.8, 4) is 0 Å². The largest absolute Gasteiger partial charge is 0.545 e. The van der Waals surface area contributed by atoms with Crippen molar-refractivity contribution in [1.82, 2.24) is 0 Å². The van der Waals surface area contributed by atoms with E-state index in [9.17, 15) is 19.5 Å². The summed E-state index contributed by atoms with van der Waals surface area (Å²) in [5.74, 6) is -2.37. The van der Waals surface area contributed by atoms with E-state index in [1.54, 1.807) is 0 Å². The second-order valence-electron chi connectivity index (χ2n) is 20.2. The monoisotopic (exact) mass is 1020 g/mol. The molecule has 416 valence electrons. The van der Waals surface area contributed by atoms with E-state index in [2.05, 4.69) is 117 Å². The normalized spacial score (nSPS) is 13.6. The summed E-state index contributed by atoms with van der Waals surface area (Å²) in [6.45, 7) is 4.45. The summed E-state index contributed by atoms with van der Waals surface area (Å²) < 4.78 is 22.6. The highest BCUT2D eigenvalue weighted by Crippen LogP contribution is 2.16. The van der Waals surface area contributed by atoms with Gasteiger partial charge in [0.25, 0.3) is 0 Å². The van der Waals surface area contributed by atoms with E-state index in [-0.39, 0.29) is 38.6 Å². The second-order valence-corrected chi connectivity index (χ2v) is 20.2. The maximum Gasteiger partial charge on any atom is 0.306 e. The van der Waals surface area contributed by atoms with Gasteiger partial charge in [-0.2, -0.15) is 0 Å². The number of likely N-dealkylation sites (N-methyl/N-ethyl adjacent to an activating group) is 1. The molecule has 0 saturated heterocycles. The van der Waals surface area contributed by atoms with Crippen molar-refractivity contribution in [3.63, 3.8) is 0 Å². The van der Waals surface area contributed by atoms with Gasteiger partial charge in [-0.15, -0.1) is 0 Å². The number of ether oxygens (including phenoxy) is 4. The van der Waals surface area contributed by atoms with Gasteiger partial charge in [0.2, 0.25) is 0 Å². The summed E-state index contributed by atoms with van der Waals surface area (Å²) in [6.07, 6.45) is 71.6. The van der Waals surface area contributed by atoms with Gasteiger partial charge >= 0.3 is 11.9 Å². The predicted octanol–water partition coefficient (Wildman–Crippen LogP) is 15.8. The van der Waals surface area contributed by atoms with Crippen molar-refractivity contribution in [1.29, 1.82) is 0 Å². The fraction of sp³-hybridized carbons (Fsp3) is 0.672. The molecule has 9 heteroatoms. The lowest BCUT2D eigenvalue weighted by atomic mass is 10.0. The summed E-state index contributed by atoms with van der Waals surface area (Å²) in [4.78, 5) is 37.2. The number of carboxylic acid groups (broad SMARTS) is 1. The van der Waals surface area contributed by atoms with Gasteiger partial charge < -0.3 is 33.3 Å². The van der Waals surface area contributed by atoms with Crippen molar-refractivity contribution in [3.05, 3.63) is 109 Å². The van der Waals surface area contributed by atoms with Crippen LogP contribution < -0.4 is 5.11 Å². The smallest absolute Gasteiger partial charge is 0.306 e. The van der Waals surface area contributed by atoms with Crippen LogP contribution in [0.1, 0.15) is 219 Å². The highest BCUT2D eigenvalue weighted by molar-refractivity contribution is 5.70. The molecule has 0 heterocycles. The maximum atomic E-state index is 12.8. The molecule has 0 bridgehead atoms. The number of aliphatic carboxylic acids is 1. The Morgan fingerprint density at radius 3 is 1.14 bits per heavy atom. The molecule has 0 aromatic carbocycles. The number of rotatable bonds is 52. The average molecular weight is 1020 g/mol. The quantitative estimate of drug-likeness (QED) is 0.0195. The van der Waals surface area contributed by atoms with Gasteiger partial charge in [-0.1, -0.05) is 226 Å². The summed E-state index contributed by atoms with van der Waals surface area (Å²) in [5, 5.41) is 11.8. The van der Waals surface area contributed by atoms with Gasteiger partial charge in [0.1, 0.15) is 13.2 Å². The molecular weight excluding hydrogens is 911 g/mol. The van der Waals surface area contributed by atoms with Gasteiger partial charge in [-0.3, -0.25) is 9.59 Å². The summed E-state index contributed by atoms with van der Waals surface area (Å²) in [6, 6.07) is 0. The third-order valence-corrected chi connectivity index (χ3v) is 12.0. The minimum atomic E-state index is -1.64. The van der Waals surface area contributed by atoms with E-state index in [1.165, 1.54) is 103 Å². The fourth-order valence-electron chi connectivity index (χ4n) is 7.62. The number of hydrogen-bond acceptors (Lipinski definition) is 8. The van der Waals surface area contributed by atoms with Gasteiger partial charge in [-0.25, -0.2) is 0 Å². The molecule has 0 aliphatic carbocycles. The van der Waals surface area contributed by atoms with Crippen molar-refractivity contribution in [2.75, 3.05) is 47.5 Å². The van der Waals surface area contributed by atoms with Crippen LogP contribution in [0.2, 0.25) is 0 Å². The Morgan fingerprint density at radius 1 is 0.411 bits per heavy atom. The topological polar surface area (TPSA) is 111 Å². The van der Waals surface area contributed by atoms with Crippen molar-refractivity contribution in [2.45, 2.75) is 232 Å². The Labute approximate surface area is 447 Å². The van der Waals surface area contributed by atoms with Crippen LogP contribution >= 0.6 is 0 Å². The van der Waals surface area contributed by atoms with Gasteiger partial charge in [0.15, 0.2) is 12.4 Å². The highest BCUT2D eigenvalue weighted by atomic mass is 16.7. The number of allylic oxidation sites excluding steroid dienone is 18. The summed E-state index contributed by atoms with van der Waals surface area (Å²) >= 11 is 0. The Bertz CT molecular complexity index is 1560. The zero-order valence-corrected chi connectivity index (χ0v) is 47.2. The van der Waals surface area contributed by atoms with Crippen LogP contribution in [0, 0.1) is 0 Å². The standard InChI is InChI=1S/C64H107NO8/c1-6-8-10-12-14-16-18-20-22-24-25-26-27-28-29-30-31-32-33-34-35-36-37-39-40-42-44-46-48-50-52-54-61(66)71-58-60(59-72-64(63(68)69)70-57-56-65(3,4)5)73-62(67)55-53-51-49-47-45-43-41-38-23-21-19-17-15-13-11-9-7-2/h8-11,14-17,20-23,25-26,41,43,47,49,60,64H,6-7,12-13,18-19,24,27-40,42,44-46,48,50-59H2,1-5H3/b10-8-,11-9-,16-14-,17-15-,22-20-,23-21-,26-25-,43-41-,49-47-. The van der Waals surface area contributed by atoms with E-state index >= 15 is 0 Å². The van der Waals surface area contributed by atoms with Crippen LogP contribution in [0.3, 0.4) is 0 Å². The lowest BCUT2D eigenvalue weighted by Gasteiger charge is -2.26. The Kier molecular flexibility index (Phi) is 51.2. The van der Waals surface area contributed by atoms with E-state index in [1.807, 2.05) is 27.2 Å². The van der Waals surface area contributed by atoms with Crippen LogP contribution in [-0.4, -0.2) is 82.3 Å². The first-order valence-corrected chi connectivity index (χ1v) is 29.0. The van der Waals surface area contributed by atoms with Crippen LogP contribution in [-0.2, 0) is 33.3 Å². The van der Waals surface area contributed by atoms with E-state index in [0.29, 0.717) is 23.9 Å². The molecule has 73 heavy (non-hydrogen) atoms. The number of unbranched alkanes of at least 4 members (excludes halogenated alkanes) is 19. The number of carbonyl (C=O) groups is 3. The molecule has 0 rings (SSSR count). The molecule has 0 saturated carbocycles. The maximum absolute atomic E-state index is 12.8. The van der Waals surface area contributed by atoms with E-state index < -0.39 is 24.3 Å². The van der Waals surface area contributed by atoms with Gasteiger partial charge in [0, 0.05) is 12.8 Å². The zero-order chi connectivity index (χ0) is 53.4. The molecule has 0 aromatic rings. The Morgan fingerprint density at radius 2 is 0.753 bits per heavy atom. The summed E-state index contributed by atoms with van der Waals surface area (Å²) in [7, 11) is 5.89. The molecule has 0 radical (unpaired) electrons. The third-order valence-electron chi connectivity index (χ3n) is 12.0. The molecule has 0 spiro atoms. The number of quaternary nitrogens is 1. The number of nitrogens with zero attached hydrogens (tertiary/aromatic N) is 1. The van der Waals surface area contributed by atoms with E-state index in [4.69, 9.17) is 18.9 Å². The minimum absolute atomic E-state index is 0.133. The van der Waals surface area contributed by atoms with Crippen LogP contribution in [0.25, 0.3) is 0 Å². The van der Waals surface area contributed by atoms with Crippen LogP contribution in [0.4, 0.5) is 0 Å². The van der Waals surface area contributed by atoms with Crippen molar-refractivity contribution < 1.29 is 42.9 Å². The molecule has 0 aliphatic rings. The minimum Gasteiger partial charge on any atom is -0.545 e. The Hall–Kier alpha value is -4.05. The lowest BCUT2D eigenvalue weighted by Crippen LogP contribution is -2.44. The number of carboxylic acids is 1. The summed E-state index contributed by atoms with van der Waals surface area (Å²) in [5.41, 5.74) is 0. The first kappa shape index (κ1) is 69.0. The van der Waals surface area contributed by atoms with Gasteiger partial charge in [0.05, 0.1) is 40.3 Å². The average Bonchev–Trinajstić information content (AvgIpc) is 3.36. The van der Waals surface area contributed by atoms with E-state index in [0.717, 1.165) is 77.0 Å². The molecular formula is C64H107NO8. The number of esters is 2. The molecule has 0 N–H and O–H groups in total. The molecule has 9 nitrogen and oxygen atoms in total. The van der Waals surface area contributed by atoms with Gasteiger partial charge in [-0.05, 0) is 89.9 Å². The molecule has 0 aromatic heterocycles. The Balaban J connectivity index is 4.20. The molecule has 2 unspecified atom stereocenters. The fourth-order valence-corrected chi connectivity index (χ4v) is 7.62. The zero-order valence-electron chi connectivity index (χ0n) is 47.2. The third kappa shape index (κ3) is 55.5. The highest BCUT2D eigenvalue weighted by Gasteiger charge is 2.21. The molecule has 2 atom stereocenters. The first-order chi connectivity index (χ1) is 35.6. The SMILES string of the molecule is CC/C=C\C/C=C\C/C=C\C/C=C\C/C=C\CCCC(=O)OC(COC(=O)CCCCCCCCCCCCCCCCCCCC/C=C\C/C=C\C/C=C\C/C=C\CC)COC(OCC[N+](C)(C)C)C(=O)[O-]. The molecule has 0 fully saturated rings. The lowest BCUT2D eigenvalue weighted by molar-refractivity contribution is -0.870. The second kappa shape index (κ2) is 54.2. The number of hydrogen-bond donors (Lipinski definition) is 0. The van der Waals surface area contributed by atoms with Crippen LogP contribution in [0.5, 0.6) is 0 Å². The number of carbonyl (C=O) groups excluding carboxylic acids is 3. The van der Waals surface area contributed by atoms with Crippen LogP contribution in [0.15, 0.2) is 109 Å². The van der Waals surface area contributed by atoms with Crippen molar-refractivity contribution >= 4 is 17.9 Å². The molecule has 0 amide bonds. The van der Waals surface area contributed by atoms with Crippen molar-refractivity contribution in [2.24, 2.45) is 0 Å². The first-order valence-electron chi connectivity index (χ1n) is 29.0. The molecule has 0 aliphatic heterocycles. The predicted molar refractivity (Wildman–Crippen MR) is 306 cm³/mol.